The van der Waals surface area contributed by atoms with Gasteiger partial charge in [-0.2, -0.15) is 0 Å². The van der Waals surface area contributed by atoms with Gasteiger partial charge in [0.1, 0.15) is 23.9 Å². The van der Waals surface area contributed by atoms with Gasteiger partial charge in [0.2, 0.25) is 0 Å². The van der Waals surface area contributed by atoms with Gasteiger partial charge in [-0.3, -0.25) is 9.59 Å². The van der Waals surface area contributed by atoms with Crippen molar-refractivity contribution in [3.63, 3.8) is 0 Å². The van der Waals surface area contributed by atoms with Gasteiger partial charge >= 0.3 is 37.6 Å². The fraction of sp³-hybridized carbons (Fsp3) is 0.686. The molecule has 0 amide bonds. The second kappa shape index (κ2) is 12.0. The number of fused-ring (bicyclic) bond motifs is 6. The molecule has 15 heteroatoms. The Morgan fingerprint density at radius 3 is 2.08 bits per heavy atom. The van der Waals surface area contributed by atoms with Gasteiger partial charge in [-0.25, -0.2) is 4.79 Å². The second-order valence-corrected chi connectivity index (χ2v) is 27.3. The Bertz CT molecular complexity index is 1610. The highest BCUT2D eigenvalue weighted by atomic mass is 28.5. The number of aliphatic hydroxyl groups excluding tert-OH is 1. The summed E-state index contributed by atoms with van der Waals surface area (Å²) >= 11 is 0. The van der Waals surface area contributed by atoms with Crippen molar-refractivity contribution >= 4 is 43.4 Å². The molecule has 5 aliphatic rings. The van der Waals surface area contributed by atoms with E-state index >= 15 is 4.79 Å². The molecule has 0 aromatic heterocycles. The third-order valence-electron chi connectivity index (χ3n) is 11.7. The van der Waals surface area contributed by atoms with Crippen LogP contribution in [0.1, 0.15) is 57.8 Å². The van der Waals surface area contributed by atoms with Crippen molar-refractivity contribution in [1.82, 2.24) is 0 Å². The SMILES string of the molecule is CC(=O)OC12COC1CC1O[Si](C)(C)O[Si](C)(C)O[Si](C)(C)OC3C(=O)C1(C)C2C(OC(=O)c1ccccc1)C1(O)CC(O)C(C)=C3C1(C)C. The minimum Gasteiger partial charge on any atom is -0.455 e. The topological polar surface area (TPSA) is 156 Å². The minimum absolute atomic E-state index is 0.107. The number of hydrogen-bond donors (Lipinski definition) is 2. The minimum atomic E-state index is -3.23. The van der Waals surface area contributed by atoms with E-state index in [0.29, 0.717) is 11.1 Å². The number of rotatable bonds is 3. The molecule has 0 spiro atoms. The first kappa shape index (κ1) is 37.7. The molecule has 4 fully saturated rings. The molecule has 2 N–H and O–H groups in total. The third kappa shape index (κ3) is 5.76. The highest BCUT2D eigenvalue weighted by Gasteiger charge is 2.79. The Balaban J connectivity index is 1.71. The molecule has 9 atom stereocenters. The Morgan fingerprint density at radius 1 is 0.920 bits per heavy atom. The second-order valence-electron chi connectivity index (χ2n) is 16.8. The highest BCUT2D eigenvalue weighted by Crippen LogP contribution is 2.65. The Kier molecular flexibility index (Phi) is 9.03. The third-order valence-corrected chi connectivity index (χ3v) is 21.2. The summed E-state index contributed by atoms with van der Waals surface area (Å²) in [7, 11) is -9.28. The number of ketones is 1. The van der Waals surface area contributed by atoms with Crippen molar-refractivity contribution in [1.29, 1.82) is 0 Å². The van der Waals surface area contributed by atoms with Crippen LogP contribution < -0.4 is 0 Å². The molecule has 50 heavy (non-hydrogen) atoms. The molecule has 0 radical (unpaired) electrons. The van der Waals surface area contributed by atoms with Crippen LogP contribution in [0.5, 0.6) is 0 Å². The first-order valence-corrected chi connectivity index (χ1v) is 25.8. The van der Waals surface area contributed by atoms with Crippen molar-refractivity contribution in [2.75, 3.05) is 6.61 Å². The van der Waals surface area contributed by atoms with Gasteiger partial charge in [-0.05, 0) is 76.4 Å². The zero-order valence-corrected chi connectivity index (χ0v) is 33.9. The Morgan fingerprint density at radius 2 is 1.52 bits per heavy atom. The van der Waals surface area contributed by atoms with Crippen LogP contribution in [0.4, 0.5) is 0 Å². The lowest BCUT2D eigenvalue weighted by Crippen LogP contribution is -2.82. The zero-order valence-electron chi connectivity index (χ0n) is 30.9. The van der Waals surface area contributed by atoms with Gasteiger partial charge in [0.15, 0.2) is 11.4 Å². The number of aliphatic hydroxyl groups is 2. The molecule has 1 aromatic rings. The molecular formula is C35H52O12Si3. The number of carbonyl (C=O) groups is 3. The van der Waals surface area contributed by atoms with Crippen molar-refractivity contribution in [2.24, 2.45) is 16.7 Å². The van der Waals surface area contributed by atoms with Crippen LogP contribution in [0.25, 0.3) is 0 Å². The molecule has 9 unspecified atom stereocenters. The van der Waals surface area contributed by atoms with Crippen LogP contribution in [0, 0.1) is 16.7 Å². The quantitative estimate of drug-likeness (QED) is 0.258. The lowest BCUT2D eigenvalue weighted by atomic mass is 9.44. The molecule has 2 saturated carbocycles. The summed E-state index contributed by atoms with van der Waals surface area (Å²) in [5.74, 6) is -2.97. The zero-order chi connectivity index (χ0) is 37.0. The molecule has 1 aromatic carbocycles. The molecule has 6 rings (SSSR count). The average Bonchev–Trinajstić information content (AvgIpc) is 2.97. The van der Waals surface area contributed by atoms with Gasteiger partial charge in [0.25, 0.3) is 0 Å². The maximum Gasteiger partial charge on any atom is 0.338 e. The number of Topliss-reactive ketones (excluding diaryl/α,β-unsaturated/α-hetero) is 1. The van der Waals surface area contributed by atoms with E-state index in [9.17, 15) is 19.8 Å². The van der Waals surface area contributed by atoms with E-state index in [0.717, 1.165) is 0 Å². The lowest BCUT2D eigenvalue weighted by molar-refractivity contribution is -0.344. The molecule has 3 aliphatic carbocycles. The van der Waals surface area contributed by atoms with E-state index in [-0.39, 0.29) is 25.0 Å². The van der Waals surface area contributed by atoms with Gasteiger partial charge < -0.3 is 41.5 Å². The predicted molar refractivity (Wildman–Crippen MR) is 188 cm³/mol. The maximum absolute atomic E-state index is 15.9. The molecule has 2 aliphatic heterocycles. The Hall–Kier alpha value is -2.06. The van der Waals surface area contributed by atoms with E-state index in [4.69, 9.17) is 31.3 Å². The normalized spacial score (nSPS) is 41.3. The first-order valence-electron chi connectivity index (χ1n) is 17.4. The number of hydrogen-bond acceptors (Lipinski definition) is 12. The summed E-state index contributed by atoms with van der Waals surface area (Å²) in [6.45, 7) is 19.6. The van der Waals surface area contributed by atoms with Gasteiger partial charge in [0.05, 0.1) is 35.7 Å². The van der Waals surface area contributed by atoms with Crippen molar-refractivity contribution in [3.05, 3.63) is 47.0 Å². The van der Waals surface area contributed by atoms with Crippen LogP contribution in [0.3, 0.4) is 0 Å². The van der Waals surface area contributed by atoms with Gasteiger partial charge in [-0.1, -0.05) is 32.0 Å². The van der Waals surface area contributed by atoms with Crippen LogP contribution in [-0.2, 0) is 40.9 Å². The fourth-order valence-electron chi connectivity index (χ4n) is 9.77. The smallest absolute Gasteiger partial charge is 0.338 e. The molecule has 2 heterocycles. The predicted octanol–water partition coefficient (Wildman–Crippen LogP) is 4.28. The van der Waals surface area contributed by atoms with Gasteiger partial charge in [0, 0.05) is 25.2 Å². The summed E-state index contributed by atoms with van der Waals surface area (Å²) in [4.78, 5) is 43.1. The van der Waals surface area contributed by atoms with Gasteiger partial charge in [-0.15, -0.1) is 0 Å². The van der Waals surface area contributed by atoms with E-state index < -0.39 is 102 Å². The molecule has 276 valence electrons. The molecule has 2 saturated heterocycles. The highest BCUT2D eigenvalue weighted by molar-refractivity contribution is 6.84. The van der Waals surface area contributed by atoms with Crippen molar-refractivity contribution < 1.29 is 55.9 Å². The molecule has 12 nitrogen and oxygen atoms in total. The fourth-order valence-corrected chi connectivity index (χ4v) is 22.0. The largest absolute Gasteiger partial charge is 0.455 e. The molecule has 4 bridgehead atoms. The van der Waals surface area contributed by atoms with Crippen molar-refractivity contribution in [3.8, 4) is 0 Å². The monoisotopic (exact) mass is 748 g/mol. The lowest BCUT2D eigenvalue weighted by Gasteiger charge is -2.68. The summed E-state index contributed by atoms with van der Waals surface area (Å²) in [6.07, 6.45) is -5.76. The van der Waals surface area contributed by atoms with E-state index in [1.54, 1.807) is 58.0 Å². The average molecular weight is 749 g/mol. The summed E-state index contributed by atoms with van der Waals surface area (Å²) in [5, 5.41) is 25.1. The summed E-state index contributed by atoms with van der Waals surface area (Å²) in [5.41, 5.74) is -5.34. The van der Waals surface area contributed by atoms with E-state index in [1.807, 2.05) is 39.3 Å². The number of carbonyl (C=O) groups excluding carboxylic acids is 3. The Labute approximate surface area is 297 Å². The number of esters is 2. The first-order chi connectivity index (χ1) is 22.9. The van der Waals surface area contributed by atoms with Crippen LogP contribution in [-0.4, -0.2) is 102 Å². The number of ether oxygens (including phenoxy) is 3. The van der Waals surface area contributed by atoms with Crippen LogP contribution in [0.2, 0.25) is 39.3 Å². The van der Waals surface area contributed by atoms with E-state index in [1.165, 1.54) is 6.92 Å². The van der Waals surface area contributed by atoms with Crippen LogP contribution in [0.15, 0.2) is 41.5 Å². The summed E-state index contributed by atoms with van der Waals surface area (Å²) in [6, 6.07) is 8.37. The van der Waals surface area contributed by atoms with Crippen molar-refractivity contribution in [2.45, 2.75) is 128 Å². The molecular weight excluding hydrogens is 697 g/mol. The number of benzene rings is 1. The summed E-state index contributed by atoms with van der Waals surface area (Å²) < 4.78 is 46.3. The van der Waals surface area contributed by atoms with E-state index in [2.05, 4.69) is 0 Å². The maximum atomic E-state index is 15.9. The van der Waals surface area contributed by atoms with Crippen LogP contribution >= 0.6 is 0 Å². The standard InChI is InChI=1S/C35H52O12Si3/c1-20-23(37)18-35(40)30(42-31(39)22-15-13-12-14-16-22)28-33(5)24(17-25-34(28,19-41-25)43-21(2)36)44-48(6,7)46-50(10,11)47-49(8,9)45-27(29(33)38)26(20)32(35,3)4/h12-16,23-25,27-28,30,37,40H,17-19H2,1-11H3.